The fourth-order valence-electron chi connectivity index (χ4n) is 5.97. The van der Waals surface area contributed by atoms with Crippen molar-refractivity contribution in [3.8, 4) is 0 Å². The zero-order valence-electron chi connectivity index (χ0n) is 17.1. The van der Waals surface area contributed by atoms with Crippen LogP contribution in [-0.2, 0) is 23.9 Å². The standard InChI is InChI=1S/C21H32N2O6/c1-2-28-20(27)15-14-9-10-21(29-14)16(15)19(26)23(11-6-12-24)17(21)18(25)22-13-7-4-3-5-8-13/h13-17,24H,2-12H2,1H3,(H,22,25)/t14-,15+,16+,17?,21?/m1/s1. The van der Waals surface area contributed by atoms with E-state index in [1.165, 1.54) is 6.42 Å². The number of hydrogen-bond acceptors (Lipinski definition) is 6. The molecule has 162 valence electrons. The number of nitrogens with one attached hydrogen (secondary N) is 1. The predicted octanol–water partition coefficient (Wildman–Crippen LogP) is 0.755. The van der Waals surface area contributed by atoms with Crippen LogP contribution in [0.15, 0.2) is 0 Å². The van der Waals surface area contributed by atoms with Crippen molar-refractivity contribution >= 4 is 17.8 Å². The summed E-state index contributed by atoms with van der Waals surface area (Å²) in [4.78, 5) is 40.9. The first-order valence-corrected chi connectivity index (χ1v) is 11.1. The van der Waals surface area contributed by atoms with Crippen LogP contribution in [0, 0.1) is 11.8 Å². The van der Waals surface area contributed by atoms with Crippen LogP contribution in [0.4, 0.5) is 0 Å². The number of aliphatic hydroxyl groups is 1. The third-order valence-corrected chi connectivity index (χ3v) is 7.12. The molecule has 3 heterocycles. The molecule has 2 amide bonds. The van der Waals surface area contributed by atoms with Crippen LogP contribution < -0.4 is 5.32 Å². The number of esters is 1. The first-order chi connectivity index (χ1) is 14.0. The van der Waals surface area contributed by atoms with E-state index in [1.54, 1.807) is 11.8 Å². The molecule has 2 bridgehead atoms. The maximum absolute atomic E-state index is 13.4. The van der Waals surface area contributed by atoms with Gasteiger partial charge in [-0.3, -0.25) is 14.4 Å². The quantitative estimate of drug-likeness (QED) is 0.603. The van der Waals surface area contributed by atoms with Gasteiger partial charge in [0.25, 0.3) is 0 Å². The molecule has 3 aliphatic heterocycles. The van der Waals surface area contributed by atoms with Gasteiger partial charge < -0.3 is 24.8 Å². The number of fused-ring (bicyclic) bond motifs is 1. The second kappa shape index (κ2) is 8.22. The van der Waals surface area contributed by atoms with E-state index in [-0.39, 0.29) is 43.7 Å². The molecule has 8 nitrogen and oxygen atoms in total. The molecule has 1 aliphatic carbocycles. The maximum Gasteiger partial charge on any atom is 0.312 e. The highest BCUT2D eigenvalue weighted by Crippen LogP contribution is 2.58. The number of carbonyl (C=O) groups excluding carboxylic acids is 3. The van der Waals surface area contributed by atoms with Crippen molar-refractivity contribution in [1.29, 1.82) is 0 Å². The average molecular weight is 408 g/mol. The van der Waals surface area contributed by atoms with Crippen LogP contribution in [0.5, 0.6) is 0 Å². The average Bonchev–Trinajstić information content (AvgIpc) is 3.34. The third kappa shape index (κ3) is 3.34. The highest BCUT2D eigenvalue weighted by atomic mass is 16.6. The van der Waals surface area contributed by atoms with E-state index < -0.39 is 29.4 Å². The number of hydrogen-bond donors (Lipinski definition) is 2. The molecule has 0 radical (unpaired) electrons. The van der Waals surface area contributed by atoms with Crippen molar-refractivity contribution in [2.45, 2.75) is 82.1 Å². The largest absolute Gasteiger partial charge is 0.466 e. The molecule has 4 aliphatic rings. The van der Waals surface area contributed by atoms with Crippen LogP contribution in [0.2, 0.25) is 0 Å². The minimum Gasteiger partial charge on any atom is -0.466 e. The van der Waals surface area contributed by atoms with Crippen molar-refractivity contribution in [2.75, 3.05) is 19.8 Å². The molecule has 2 unspecified atom stereocenters. The van der Waals surface area contributed by atoms with Gasteiger partial charge in [-0.05, 0) is 39.0 Å². The van der Waals surface area contributed by atoms with E-state index in [0.29, 0.717) is 19.3 Å². The van der Waals surface area contributed by atoms with Gasteiger partial charge in [-0.2, -0.15) is 0 Å². The van der Waals surface area contributed by atoms with Gasteiger partial charge in [0, 0.05) is 19.2 Å². The second-order valence-corrected chi connectivity index (χ2v) is 8.76. The summed E-state index contributed by atoms with van der Waals surface area (Å²) < 4.78 is 11.5. The Labute approximate surface area is 171 Å². The smallest absolute Gasteiger partial charge is 0.312 e. The summed E-state index contributed by atoms with van der Waals surface area (Å²) in [5.74, 6) is -2.15. The van der Waals surface area contributed by atoms with Crippen LogP contribution in [-0.4, -0.2) is 71.3 Å². The lowest BCUT2D eigenvalue weighted by molar-refractivity contribution is -0.154. The molecule has 5 atom stereocenters. The number of amides is 2. The summed E-state index contributed by atoms with van der Waals surface area (Å²) in [5, 5.41) is 12.5. The van der Waals surface area contributed by atoms with E-state index in [2.05, 4.69) is 5.32 Å². The molecule has 0 aromatic rings. The minimum atomic E-state index is -0.965. The number of rotatable bonds is 7. The fourth-order valence-corrected chi connectivity index (χ4v) is 5.97. The summed E-state index contributed by atoms with van der Waals surface area (Å²) in [6, 6.07) is -0.626. The fraction of sp³-hybridized carbons (Fsp3) is 0.857. The lowest BCUT2D eigenvalue weighted by Gasteiger charge is -2.35. The van der Waals surface area contributed by atoms with Crippen molar-refractivity contribution in [2.24, 2.45) is 11.8 Å². The van der Waals surface area contributed by atoms with Gasteiger partial charge >= 0.3 is 5.97 Å². The molecule has 2 N–H and O–H groups in total. The van der Waals surface area contributed by atoms with Crippen LogP contribution in [0.25, 0.3) is 0 Å². The normalized spacial score (nSPS) is 36.3. The van der Waals surface area contributed by atoms with Crippen molar-refractivity contribution in [3.63, 3.8) is 0 Å². The van der Waals surface area contributed by atoms with E-state index in [1.807, 2.05) is 0 Å². The lowest BCUT2D eigenvalue weighted by Crippen LogP contribution is -2.57. The van der Waals surface area contributed by atoms with Gasteiger partial charge in [-0.15, -0.1) is 0 Å². The zero-order valence-corrected chi connectivity index (χ0v) is 17.1. The van der Waals surface area contributed by atoms with Crippen LogP contribution >= 0.6 is 0 Å². The van der Waals surface area contributed by atoms with E-state index in [4.69, 9.17) is 9.47 Å². The number of aliphatic hydroxyl groups excluding tert-OH is 1. The molecule has 4 fully saturated rings. The monoisotopic (exact) mass is 408 g/mol. The summed E-state index contributed by atoms with van der Waals surface area (Å²) >= 11 is 0. The molecule has 1 saturated carbocycles. The maximum atomic E-state index is 13.4. The highest BCUT2D eigenvalue weighted by Gasteiger charge is 2.74. The van der Waals surface area contributed by atoms with Gasteiger partial charge in [0.1, 0.15) is 11.6 Å². The van der Waals surface area contributed by atoms with E-state index in [0.717, 1.165) is 25.7 Å². The third-order valence-electron chi connectivity index (χ3n) is 7.12. The molecular weight excluding hydrogens is 376 g/mol. The summed E-state index contributed by atoms with van der Waals surface area (Å²) in [5.41, 5.74) is -0.965. The Kier molecular flexibility index (Phi) is 5.84. The van der Waals surface area contributed by atoms with E-state index >= 15 is 0 Å². The molecule has 4 rings (SSSR count). The van der Waals surface area contributed by atoms with Gasteiger partial charge in [-0.25, -0.2) is 0 Å². The Hall–Kier alpha value is -1.67. The molecule has 3 saturated heterocycles. The Morgan fingerprint density at radius 2 is 2.03 bits per heavy atom. The van der Waals surface area contributed by atoms with Crippen molar-refractivity contribution in [3.05, 3.63) is 0 Å². The van der Waals surface area contributed by atoms with E-state index in [9.17, 15) is 19.5 Å². The number of likely N-dealkylation sites (tertiary alicyclic amines) is 1. The van der Waals surface area contributed by atoms with Gasteiger partial charge in [0.15, 0.2) is 0 Å². The number of carbonyl (C=O) groups is 3. The summed E-state index contributed by atoms with van der Waals surface area (Å²) in [6.07, 6.45) is 6.54. The number of nitrogens with zero attached hydrogens (tertiary/aromatic N) is 1. The number of ether oxygens (including phenoxy) is 2. The highest BCUT2D eigenvalue weighted by molar-refractivity contribution is 5.98. The van der Waals surface area contributed by atoms with Gasteiger partial charge in [-0.1, -0.05) is 19.3 Å². The molecular formula is C21H32N2O6. The molecule has 1 spiro atoms. The van der Waals surface area contributed by atoms with Gasteiger partial charge in [0.05, 0.1) is 24.5 Å². The molecule has 0 aromatic heterocycles. The van der Waals surface area contributed by atoms with Crippen LogP contribution in [0.1, 0.15) is 58.3 Å². The Balaban J connectivity index is 1.62. The predicted molar refractivity (Wildman–Crippen MR) is 103 cm³/mol. The molecule has 8 heteroatoms. The SMILES string of the molecule is CCOC(=O)[C@@H]1[C@H]2C(=O)N(CCCO)C(C(=O)NC3CCCCC3)C23CC[C@H]1O3. The second-order valence-electron chi connectivity index (χ2n) is 8.76. The topological polar surface area (TPSA) is 105 Å². The van der Waals surface area contributed by atoms with Crippen molar-refractivity contribution in [1.82, 2.24) is 10.2 Å². The lowest BCUT2D eigenvalue weighted by atomic mass is 9.70. The zero-order chi connectivity index (χ0) is 20.6. The first kappa shape index (κ1) is 20.6. The molecule has 0 aromatic carbocycles. The molecule has 29 heavy (non-hydrogen) atoms. The summed E-state index contributed by atoms with van der Waals surface area (Å²) in [7, 11) is 0. The van der Waals surface area contributed by atoms with Crippen LogP contribution in [0.3, 0.4) is 0 Å². The Bertz CT molecular complexity index is 664. The van der Waals surface area contributed by atoms with Gasteiger partial charge in [0.2, 0.25) is 11.8 Å². The summed E-state index contributed by atoms with van der Waals surface area (Å²) in [6.45, 7) is 2.20. The Morgan fingerprint density at radius 3 is 2.72 bits per heavy atom. The Morgan fingerprint density at radius 1 is 1.28 bits per heavy atom. The first-order valence-electron chi connectivity index (χ1n) is 11.1. The van der Waals surface area contributed by atoms with Crippen molar-refractivity contribution < 1.29 is 29.0 Å². The minimum absolute atomic E-state index is 0.0663.